The average Bonchev–Trinajstić information content (AvgIpc) is 2.78. The van der Waals surface area contributed by atoms with Gasteiger partial charge in [0.2, 0.25) is 0 Å². The number of ether oxygens (including phenoxy) is 1. The first-order chi connectivity index (χ1) is 16.5. The Morgan fingerprint density at radius 1 is 1.23 bits per heavy atom. The van der Waals surface area contributed by atoms with Crippen molar-refractivity contribution < 1.29 is 18.7 Å². The Hall–Kier alpha value is -2.87. The molecule has 0 radical (unpaired) electrons. The molecule has 9 heteroatoms. The summed E-state index contributed by atoms with van der Waals surface area (Å²) in [4.78, 5) is 35.4. The monoisotopic (exact) mass is 502 g/mol. The quantitative estimate of drug-likeness (QED) is 0.461. The minimum absolute atomic E-state index is 0.0198. The number of rotatable bonds is 3. The highest BCUT2D eigenvalue weighted by Gasteiger charge is 2.40. The minimum Gasteiger partial charge on any atom is -0.444 e. The molecule has 35 heavy (non-hydrogen) atoms. The van der Waals surface area contributed by atoms with Gasteiger partial charge in [-0.05, 0) is 71.1 Å². The van der Waals surface area contributed by atoms with Crippen LogP contribution in [0.15, 0.2) is 30.5 Å². The van der Waals surface area contributed by atoms with Crippen LogP contribution in [0.25, 0.3) is 0 Å². The van der Waals surface area contributed by atoms with E-state index in [4.69, 9.17) is 16.3 Å². The lowest BCUT2D eigenvalue weighted by atomic mass is 9.88. The van der Waals surface area contributed by atoms with E-state index in [9.17, 15) is 14.0 Å². The molecule has 1 aliphatic heterocycles. The van der Waals surface area contributed by atoms with Crippen molar-refractivity contribution in [2.75, 3.05) is 16.8 Å². The van der Waals surface area contributed by atoms with Gasteiger partial charge in [-0.3, -0.25) is 9.80 Å². The van der Waals surface area contributed by atoms with Gasteiger partial charge in [-0.25, -0.2) is 19.0 Å². The third-order valence-electron chi connectivity index (χ3n) is 6.67. The summed E-state index contributed by atoms with van der Waals surface area (Å²) in [6.07, 6.45) is 4.12. The van der Waals surface area contributed by atoms with Crippen LogP contribution in [0.2, 0.25) is 5.15 Å². The molecule has 0 atom stereocenters. The van der Waals surface area contributed by atoms with Gasteiger partial charge in [0.15, 0.2) is 0 Å². The molecule has 0 unspecified atom stereocenters. The van der Waals surface area contributed by atoms with Gasteiger partial charge in [0.1, 0.15) is 16.6 Å². The number of carbonyl (C=O) groups excluding carboxylic acids is 2. The first kappa shape index (κ1) is 25.2. The Kier molecular flexibility index (Phi) is 6.95. The van der Waals surface area contributed by atoms with Crippen LogP contribution < -0.4 is 9.80 Å². The van der Waals surface area contributed by atoms with Crippen LogP contribution in [0.5, 0.6) is 0 Å². The lowest BCUT2D eigenvalue weighted by molar-refractivity contribution is 0.0183. The third-order valence-corrected chi connectivity index (χ3v) is 6.88. The smallest absolute Gasteiger partial charge is 0.410 e. The zero-order valence-electron chi connectivity index (χ0n) is 20.8. The summed E-state index contributed by atoms with van der Waals surface area (Å²) >= 11 is 6.20. The number of fused-ring (bicyclic) bond motifs is 1. The van der Waals surface area contributed by atoms with Gasteiger partial charge >= 0.3 is 12.1 Å². The molecule has 2 heterocycles. The number of aromatic nitrogens is 1. The van der Waals surface area contributed by atoms with Gasteiger partial charge in [-0.2, -0.15) is 0 Å². The van der Waals surface area contributed by atoms with Crippen molar-refractivity contribution in [3.8, 4) is 0 Å². The maximum atomic E-state index is 14.9. The number of urea groups is 1. The van der Waals surface area contributed by atoms with Gasteiger partial charge in [-0.1, -0.05) is 23.7 Å². The van der Waals surface area contributed by atoms with Gasteiger partial charge in [-0.15, -0.1) is 0 Å². The first-order valence-electron chi connectivity index (χ1n) is 11.9. The van der Waals surface area contributed by atoms with Crippen molar-refractivity contribution in [2.24, 2.45) is 0 Å². The van der Waals surface area contributed by atoms with Crippen molar-refractivity contribution in [1.29, 1.82) is 0 Å². The van der Waals surface area contributed by atoms with Crippen molar-refractivity contribution in [1.82, 2.24) is 9.88 Å². The van der Waals surface area contributed by atoms with Crippen molar-refractivity contribution in [3.05, 3.63) is 52.6 Å². The fourth-order valence-electron chi connectivity index (χ4n) is 4.94. The predicted molar refractivity (Wildman–Crippen MR) is 134 cm³/mol. The maximum Gasteiger partial charge on any atom is 0.410 e. The summed E-state index contributed by atoms with van der Waals surface area (Å²) in [7, 11) is 1.76. The van der Waals surface area contributed by atoms with E-state index >= 15 is 0 Å². The number of pyridine rings is 1. The Labute approximate surface area is 210 Å². The highest BCUT2D eigenvalue weighted by molar-refractivity contribution is 6.29. The highest BCUT2D eigenvalue weighted by atomic mass is 35.5. The molecule has 0 saturated heterocycles. The molecule has 2 aliphatic rings. The minimum atomic E-state index is -0.561. The molecule has 0 spiro atoms. The summed E-state index contributed by atoms with van der Waals surface area (Å²) in [6.45, 7) is 7.55. The molecule has 1 aliphatic carbocycles. The molecule has 1 saturated carbocycles. The fraction of sp³-hybridized carbons (Fsp3) is 0.500. The van der Waals surface area contributed by atoms with E-state index in [1.807, 2.05) is 20.8 Å². The van der Waals surface area contributed by atoms with Crippen LogP contribution in [0.4, 0.5) is 25.4 Å². The largest absolute Gasteiger partial charge is 0.444 e. The highest BCUT2D eigenvalue weighted by Crippen LogP contribution is 2.39. The average molecular weight is 503 g/mol. The number of benzene rings is 1. The number of hydrogen-bond acceptors (Lipinski definition) is 4. The van der Waals surface area contributed by atoms with E-state index in [0.29, 0.717) is 29.2 Å². The van der Waals surface area contributed by atoms with Crippen molar-refractivity contribution >= 4 is 35.1 Å². The van der Waals surface area contributed by atoms with E-state index in [-0.39, 0.29) is 36.4 Å². The van der Waals surface area contributed by atoms with E-state index in [1.165, 1.54) is 11.0 Å². The van der Waals surface area contributed by atoms with E-state index in [0.717, 1.165) is 18.4 Å². The van der Waals surface area contributed by atoms with E-state index in [1.54, 1.807) is 48.2 Å². The van der Waals surface area contributed by atoms with Crippen molar-refractivity contribution in [3.63, 3.8) is 0 Å². The lowest BCUT2D eigenvalue weighted by Crippen LogP contribution is -2.54. The van der Waals surface area contributed by atoms with Crippen LogP contribution in [-0.4, -0.2) is 46.7 Å². The SMILES string of the molecule is Cc1cccc(F)c1N1Cc2cnc(Cl)cc2N(C2CCC(N(C)C(=O)OC(C)(C)C)CC2)C1=O. The Morgan fingerprint density at radius 2 is 1.91 bits per heavy atom. The topological polar surface area (TPSA) is 66.0 Å². The summed E-state index contributed by atoms with van der Waals surface area (Å²) in [5.41, 5.74) is 1.93. The molecular weight excluding hydrogens is 471 g/mol. The van der Waals surface area contributed by atoms with Gasteiger partial charge in [0.05, 0.1) is 17.9 Å². The number of nitrogens with zero attached hydrogens (tertiary/aromatic N) is 4. The number of anilines is 2. The first-order valence-corrected chi connectivity index (χ1v) is 12.3. The maximum absolute atomic E-state index is 14.9. The van der Waals surface area contributed by atoms with Crippen LogP contribution in [-0.2, 0) is 11.3 Å². The molecule has 3 amide bonds. The van der Waals surface area contributed by atoms with Gasteiger partial charge in [0, 0.05) is 30.9 Å². The Morgan fingerprint density at radius 3 is 2.54 bits per heavy atom. The van der Waals surface area contributed by atoms with Crippen LogP contribution in [0, 0.1) is 12.7 Å². The van der Waals surface area contributed by atoms with Crippen LogP contribution >= 0.6 is 11.6 Å². The molecule has 4 rings (SSSR count). The number of carbonyl (C=O) groups is 2. The number of halogens is 2. The second-order valence-electron chi connectivity index (χ2n) is 10.3. The molecular formula is C26H32ClFN4O3. The zero-order chi connectivity index (χ0) is 25.5. The Bertz CT molecular complexity index is 1110. The standard InChI is InChI=1S/C26H32ClFN4O3/c1-16-7-6-8-20(28)23(16)31-15-17-14-29-22(27)13-21(17)32(24(31)33)19-11-9-18(10-12-19)30(5)25(34)35-26(2,3)4/h6-8,13-14,18-19H,9-12,15H2,1-5H3. The molecule has 2 aromatic rings. The van der Waals surface area contributed by atoms with E-state index in [2.05, 4.69) is 4.98 Å². The number of hydrogen-bond donors (Lipinski definition) is 0. The summed E-state index contributed by atoms with van der Waals surface area (Å²) in [6, 6.07) is 6.13. The Balaban J connectivity index is 1.59. The van der Waals surface area contributed by atoms with Gasteiger partial charge in [0.25, 0.3) is 0 Å². The summed E-state index contributed by atoms with van der Waals surface area (Å²) in [5.74, 6) is -0.439. The number of aryl methyl sites for hydroxylation is 1. The molecule has 1 aromatic heterocycles. The molecule has 188 valence electrons. The lowest BCUT2D eigenvalue weighted by Gasteiger charge is -2.44. The molecule has 0 bridgehead atoms. The second-order valence-corrected chi connectivity index (χ2v) is 10.7. The summed E-state index contributed by atoms with van der Waals surface area (Å²) in [5, 5.41) is 0.301. The molecule has 1 aromatic carbocycles. The number of amides is 3. The van der Waals surface area contributed by atoms with E-state index < -0.39 is 11.4 Å². The number of para-hydroxylation sites is 1. The van der Waals surface area contributed by atoms with Crippen molar-refractivity contribution in [2.45, 2.75) is 77.6 Å². The molecule has 1 fully saturated rings. The zero-order valence-corrected chi connectivity index (χ0v) is 21.6. The molecule has 7 nitrogen and oxygen atoms in total. The second kappa shape index (κ2) is 9.64. The van der Waals surface area contributed by atoms with Gasteiger partial charge < -0.3 is 9.64 Å². The predicted octanol–water partition coefficient (Wildman–Crippen LogP) is 6.31. The van der Waals surface area contributed by atoms with Crippen LogP contribution in [0.1, 0.15) is 57.6 Å². The third kappa shape index (κ3) is 5.22. The molecule has 0 N–H and O–H groups in total. The summed E-state index contributed by atoms with van der Waals surface area (Å²) < 4.78 is 20.4. The normalized spacial score (nSPS) is 20.5. The fourth-order valence-corrected chi connectivity index (χ4v) is 5.10. The van der Waals surface area contributed by atoms with Crippen LogP contribution in [0.3, 0.4) is 0 Å².